The summed E-state index contributed by atoms with van der Waals surface area (Å²) in [4.78, 5) is 12.8. The van der Waals surface area contributed by atoms with E-state index >= 15 is 0 Å². The number of nitrogens with zero attached hydrogens (tertiary/aromatic N) is 4. The largest absolute Gasteiger partial charge is 0.333 e. The Balaban J connectivity index is 1.57. The van der Waals surface area contributed by atoms with Crippen LogP contribution in [0.4, 0.5) is 9.18 Å². The zero-order valence-electron chi connectivity index (χ0n) is 11.9. The number of urea groups is 1. The van der Waals surface area contributed by atoms with Gasteiger partial charge in [0, 0.05) is 4.88 Å². The lowest BCUT2D eigenvalue weighted by molar-refractivity contribution is 0.240. The normalized spacial score (nSPS) is 10.5. The van der Waals surface area contributed by atoms with Crippen LogP contribution in [0.5, 0.6) is 0 Å². The van der Waals surface area contributed by atoms with Crippen molar-refractivity contribution in [2.75, 3.05) is 0 Å². The molecule has 2 N–H and O–H groups in total. The number of benzene rings is 1. The van der Waals surface area contributed by atoms with Crippen molar-refractivity contribution in [2.45, 2.75) is 13.1 Å². The predicted octanol–water partition coefficient (Wildman–Crippen LogP) is 1.86. The highest BCUT2D eigenvalue weighted by atomic mass is 32.1. The van der Waals surface area contributed by atoms with E-state index in [1.165, 1.54) is 16.8 Å². The molecule has 2 heterocycles. The fraction of sp³-hybridized carbons (Fsp3) is 0.143. The number of hydrogen-bond donors (Lipinski definition) is 2. The molecule has 0 radical (unpaired) electrons. The molecule has 118 valence electrons. The van der Waals surface area contributed by atoms with Crippen LogP contribution < -0.4 is 10.6 Å². The first kappa shape index (κ1) is 15.1. The van der Waals surface area contributed by atoms with Crippen molar-refractivity contribution in [1.29, 1.82) is 0 Å². The maximum absolute atomic E-state index is 13.0. The summed E-state index contributed by atoms with van der Waals surface area (Å²) in [5.41, 5.74) is 0.618. The molecule has 0 spiro atoms. The second-order valence-corrected chi connectivity index (χ2v) is 5.63. The summed E-state index contributed by atoms with van der Waals surface area (Å²) in [5.74, 6) is 0.109. The Morgan fingerprint density at radius 2 is 1.96 bits per heavy atom. The smallest absolute Gasteiger partial charge is 0.315 e. The zero-order chi connectivity index (χ0) is 16.1. The molecule has 0 saturated heterocycles. The highest BCUT2D eigenvalue weighted by Crippen LogP contribution is 2.09. The number of tetrazole rings is 1. The molecule has 23 heavy (non-hydrogen) atoms. The average Bonchev–Trinajstić information content (AvgIpc) is 3.23. The Morgan fingerprint density at radius 1 is 1.17 bits per heavy atom. The van der Waals surface area contributed by atoms with Gasteiger partial charge in [-0.2, -0.15) is 4.68 Å². The highest BCUT2D eigenvalue weighted by molar-refractivity contribution is 7.09. The molecule has 9 heteroatoms. The number of aromatic nitrogens is 4. The molecule has 2 aromatic heterocycles. The third-order valence-electron chi connectivity index (χ3n) is 3.02. The number of carbonyl (C=O) groups excluding carboxylic acids is 1. The van der Waals surface area contributed by atoms with Gasteiger partial charge in [-0.25, -0.2) is 9.18 Å². The van der Waals surface area contributed by atoms with Crippen LogP contribution >= 0.6 is 11.3 Å². The summed E-state index contributed by atoms with van der Waals surface area (Å²) in [5, 5.41) is 18.7. The summed E-state index contributed by atoms with van der Waals surface area (Å²) in [6.45, 7) is 0.618. The first-order valence-electron chi connectivity index (χ1n) is 6.79. The standard InChI is InChI=1S/C14H13FN6OS/c15-10-3-5-11(6-4-10)21-13(18-19-20-21)9-17-14(22)16-8-12-2-1-7-23-12/h1-7H,8-9H2,(H2,16,17,22). The lowest BCUT2D eigenvalue weighted by atomic mass is 10.3. The molecule has 2 amide bonds. The molecule has 3 rings (SSSR count). The average molecular weight is 332 g/mol. The first-order chi connectivity index (χ1) is 11.2. The quantitative estimate of drug-likeness (QED) is 0.747. The number of nitrogens with one attached hydrogen (secondary N) is 2. The van der Waals surface area contributed by atoms with E-state index in [2.05, 4.69) is 26.2 Å². The van der Waals surface area contributed by atoms with E-state index < -0.39 is 0 Å². The van der Waals surface area contributed by atoms with Crippen LogP contribution in [0.15, 0.2) is 41.8 Å². The van der Waals surface area contributed by atoms with Gasteiger partial charge in [0.25, 0.3) is 0 Å². The van der Waals surface area contributed by atoms with Gasteiger partial charge in [-0.1, -0.05) is 6.07 Å². The molecule has 0 fully saturated rings. The van der Waals surface area contributed by atoms with Crippen LogP contribution in [0.25, 0.3) is 5.69 Å². The van der Waals surface area contributed by atoms with Gasteiger partial charge in [0.2, 0.25) is 0 Å². The second kappa shape index (κ2) is 6.97. The maximum atomic E-state index is 13.0. The number of thiophene rings is 1. The predicted molar refractivity (Wildman–Crippen MR) is 82.5 cm³/mol. The van der Waals surface area contributed by atoms with Crippen molar-refractivity contribution in [3.05, 3.63) is 58.3 Å². The van der Waals surface area contributed by atoms with Gasteiger partial charge < -0.3 is 10.6 Å². The summed E-state index contributed by atoms with van der Waals surface area (Å²) < 4.78 is 14.4. The molecular weight excluding hydrogens is 319 g/mol. The van der Waals surface area contributed by atoms with E-state index in [-0.39, 0.29) is 18.4 Å². The van der Waals surface area contributed by atoms with Crippen LogP contribution in [0.2, 0.25) is 0 Å². The van der Waals surface area contributed by atoms with Crippen LogP contribution in [0.3, 0.4) is 0 Å². The lowest BCUT2D eigenvalue weighted by Crippen LogP contribution is -2.35. The Labute approximate surface area is 135 Å². The lowest BCUT2D eigenvalue weighted by Gasteiger charge is -2.07. The Hall–Kier alpha value is -2.81. The van der Waals surface area contributed by atoms with Crippen molar-refractivity contribution in [3.63, 3.8) is 0 Å². The summed E-state index contributed by atoms with van der Waals surface area (Å²) in [6, 6.07) is 9.32. The molecule has 7 nitrogen and oxygen atoms in total. The van der Waals surface area contributed by atoms with Crippen LogP contribution in [-0.2, 0) is 13.1 Å². The van der Waals surface area contributed by atoms with Gasteiger partial charge in [0.15, 0.2) is 5.82 Å². The van der Waals surface area contributed by atoms with Gasteiger partial charge in [-0.3, -0.25) is 0 Å². The number of rotatable bonds is 5. The number of halogens is 1. The molecule has 0 atom stereocenters. The van der Waals surface area contributed by atoms with Crippen molar-refractivity contribution in [1.82, 2.24) is 30.8 Å². The number of hydrogen-bond acceptors (Lipinski definition) is 5. The van der Waals surface area contributed by atoms with Crippen LogP contribution in [0, 0.1) is 5.82 Å². The Morgan fingerprint density at radius 3 is 2.70 bits per heavy atom. The minimum atomic E-state index is -0.338. The molecule has 3 aromatic rings. The van der Waals surface area contributed by atoms with Gasteiger partial charge in [-0.05, 0) is 46.1 Å². The molecule has 0 bridgehead atoms. The number of carbonyl (C=O) groups is 1. The molecule has 0 unspecified atom stereocenters. The van der Waals surface area contributed by atoms with Crippen molar-refractivity contribution < 1.29 is 9.18 Å². The fourth-order valence-corrected chi connectivity index (χ4v) is 2.55. The zero-order valence-corrected chi connectivity index (χ0v) is 12.8. The Kier molecular flexibility index (Phi) is 4.57. The SMILES string of the molecule is O=C(NCc1cccs1)NCc1nnnn1-c1ccc(F)cc1. The third-order valence-corrected chi connectivity index (χ3v) is 3.89. The third kappa shape index (κ3) is 3.89. The van der Waals surface area contributed by atoms with Gasteiger partial charge >= 0.3 is 6.03 Å². The van der Waals surface area contributed by atoms with E-state index in [1.807, 2.05) is 17.5 Å². The van der Waals surface area contributed by atoms with E-state index in [9.17, 15) is 9.18 Å². The molecular formula is C14H13FN6OS. The van der Waals surface area contributed by atoms with Crippen molar-refractivity contribution in [3.8, 4) is 5.69 Å². The molecule has 0 saturated carbocycles. The first-order valence-corrected chi connectivity index (χ1v) is 7.67. The molecule has 0 aliphatic heterocycles. The second-order valence-electron chi connectivity index (χ2n) is 4.60. The van der Waals surface area contributed by atoms with Crippen LogP contribution in [0.1, 0.15) is 10.7 Å². The van der Waals surface area contributed by atoms with E-state index in [4.69, 9.17) is 0 Å². The molecule has 1 aromatic carbocycles. The fourth-order valence-electron chi connectivity index (χ4n) is 1.90. The summed E-state index contributed by atoms with van der Waals surface area (Å²) in [6.07, 6.45) is 0. The van der Waals surface area contributed by atoms with E-state index in [0.717, 1.165) is 4.88 Å². The number of amides is 2. The monoisotopic (exact) mass is 332 g/mol. The summed E-state index contributed by atoms with van der Waals surface area (Å²) in [7, 11) is 0. The van der Waals surface area contributed by atoms with Gasteiger partial charge in [-0.15, -0.1) is 16.4 Å². The Bertz CT molecular complexity index is 771. The maximum Gasteiger partial charge on any atom is 0.315 e. The van der Waals surface area contributed by atoms with E-state index in [0.29, 0.717) is 18.1 Å². The minimum Gasteiger partial charge on any atom is -0.333 e. The van der Waals surface area contributed by atoms with Crippen LogP contribution in [-0.4, -0.2) is 26.2 Å². The topological polar surface area (TPSA) is 84.7 Å². The minimum absolute atomic E-state index is 0.153. The van der Waals surface area contributed by atoms with Crippen molar-refractivity contribution >= 4 is 17.4 Å². The van der Waals surface area contributed by atoms with Gasteiger partial charge in [0.1, 0.15) is 5.82 Å². The molecule has 0 aliphatic carbocycles. The van der Waals surface area contributed by atoms with Crippen molar-refractivity contribution in [2.24, 2.45) is 0 Å². The van der Waals surface area contributed by atoms with Gasteiger partial charge in [0.05, 0.1) is 18.8 Å². The molecule has 0 aliphatic rings. The van der Waals surface area contributed by atoms with E-state index in [1.54, 1.807) is 23.5 Å². The highest BCUT2D eigenvalue weighted by Gasteiger charge is 2.10. The summed E-state index contributed by atoms with van der Waals surface area (Å²) >= 11 is 1.57.